The Balaban J connectivity index is 4.33. The molecule has 0 aliphatic heterocycles. The van der Waals surface area contributed by atoms with Crippen LogP contribution < -0.4 is 5.32 Å². The van der Waals surface area contributed by atoms with Gasteiger partial charge in [-0.2, -0.15) is 0 Å². The number of ether oxygens (including phenoxy) is 2. The predicted molar refractivity (Wildman–Crippen MR) is 74.7 cm³/mol. The molecular formula is C12H21NO7S. The maximum Gasteiger partial charge on any atom is 0.410 e. The summed E-state index contributed by atoms with van der Waals surface area (Å²) in [5.74, 6) is -2.32. The lowest BCUT2D eigenvalue weighted by molar-refractivity contribution is -0.178. The second-order valence-electron chi connectivity index (χ2n) is 4.97. The van der Waals surface area contributed by atoms with Crippen molar-refractivity contribution in [2.45, 2.75) is 34.0 Å². The second-order valence-corrected chi connectivity index (χ2v) is 5.90. The first kappa shape index (κ1) is 19.5. The molecule has 8 nitrogen and oxygen atoms in total. The molecule has 0 saturated heterocycles. The molecule has 122 valence electrons. The minimum absolute atomic E-state index is 0.265. The van der Waals surface area contributed by atoms with Gasteiger partial charge in [-0.3, -0.25) is 9.59 Å². The van der Waals surface area contributed by atoms with Gasteiger partial charge in [-0.25, -0.2) is 9.00 Å². The van der Waals surface area contributed by atoms with Crippen LogP contribution in [0.25, 0.3) is 0 Å². The number of ketones is 1. The van der Waals surface area contributed by atoms with Crippen molar-refractivity contribution < 1.29 is 32.6 Å². The lowest BCUT2D eigenvalue weighted by atomic mass is 10.2. The molecule has 1 amide bonds. The minimum Gasteiger partial charge on any atom is -0.425 e. The Morgan fingerprint density at radius 1 is 1.14 bits per heavy atom. The molecule has 2 atom stereocenters. The van der Waals surface area contributed by atoms with Crippen LogP contribution in [-0.2, 0) is 30.1 Å². The minimum atomic E-state index is -2.25. The van der Waals surface area contributed by atoms with Gasteiger partial charge in [0.05, 0.1) is 12.5 Å². The molecule has 0 aromatic rings. The molecule has 0 spiro atoms. The highest BCUT2D eigenvalue weighted by Crippen LogP contribution is 2.11. The van der Waals surface area contributed by atoms with Crippen LogP contribution in [0, 0.1) is 11.8 Å². The van der Waals surface area contributed by atoms with Crippen molar-refractivity contribution in [2.75, 3.05) is 12.3 Å². The van der Waals surface area contributed by atoms with E-state index in [0.717, 1.165) is 0 Å². The van der Waals surface area contributed by atoms with Crippen LogP contribution in [0.4, 0.5) is 4.79 Å². The molecule has 0 aliphatic rings. The van der Waals surface area contributed by atoms with E-state index in [1.165, 1.54) is 0 Å². The third kappa shape index (κ3) is 9.14. The van der Waals surface area contributed by atoms with Gasteiger partial charge in [0.2, 0.25) is 0 Å². The summed E-state index contributed by atoms with van der Waals surface area (Å²) >= 11 is -2.25. The Labute approximate surface area is 125 Å². The van der Waals surface area contributed by atoms with Gasteiger partial charge in [0.1, 0.15) is 5.75 Å². The Kier molecular flexibility index (Phi) is 8.79. The highest BCUT2D eigenvalue weighted by molar-refractivity contribution is 7.80. The van der Waals surface area contributed by atoms with Gasteiger partial charge in [0.15, 0.2) is 16.9 Å². The van der Waals surface area contributed by atoms with E-state index in [2.05, 4.69) is 5.32 Å². The van der Waals surface area contributed by atoms with E-state index in [1.54, 1.807) is 27.7 Å². The Morgan fingerprint density at radius 3 is 2.14 bits per heavy atom. The molecule has 0 aromatic heterocycles. The van der Waals surface area contributed by atoms with Crippen LogP contribution in [0.3, 0.4) is 0 Å². The Bertz CT molecular complexity index is 408. The maximum atomic E-state index is 11.5. The Morgan fingerprint density at radius 2 is 1.71 bits per heavy atom. The molecule has 0 aromatic carbocycles. The third-order valence-electron chi connectivity index (χ3n) is 2.19. The topological polar surface area (TPSA) is 119 Å². The summed E-state index contributed by atoms with van der Waals surface area (Å²) in [6.45, 7) is 6.26. The standard InChI is InChI=1S/C12H21NO7S/c1-7(2)10(15)19-11(8(3)4)20-12(16)13-5-9(14)6-21(17)18/h7-8,11H,5-6H2,1-4H3,(H,13,16)(H,17,18)/t11-/m0/s1. The van der Waals surface area contributed by atoms with Gasteiger partial charge in [-0.15, -0.1) is 0 Å². The fraction of sp³-hybridized carbons (Fsp3) is 0.750. The number of esters is 1. The number of hydrogen-bond donors (Lipinski definition) is 2. The van der Waals surface area contributed by atoms with E-state index >= 15 is 0 Å². The number of rotatable bonds is 8. The van der Waals surface area contributed by atoms with Crippen molar-refractivity contribution in [3.63, 3.8) is 0 Å². The largest absolute Gasteiger partial charge is 0.425 e. The monoisotopic (exact) mass is 323 g/mol. The zero-order valence-corrected chi connectivity index (χ0v) is 13.3. The van der Waals surface area contributed by atoms with Crippen molar-refractivity contribution >= 4 is 28.9 Å². The zero-order chi connectivity index (χ0) is 16.6. The van der Waals surface area contributed by atoms with Crippen molar-refractivity contribution in [1.82, 2.24) is 5.32 Å². The van der Waals surface area contributed by atoms with Crippen LogP contribution in [0.1, 0.15) is 27.7 Å². The predicted octanol–water partition coefficient (Wildman–Crippen LogP) is 0.685. The summed E-state index contributed by atoms with van der Waals surface area (Å²) in [6.07, 6.45) is -2.01. The third-order valence-corrected chi connectivity index (χ3v) is 2.75. The van der Waals surface area contributed by atoms with Gasteiger partial charge in [0.25, 0.3) is 6.29 Å². The highest BCUT2D eigenvalue weighted by atomic mass is 32.2. The highest BCUT2D eigenvalue weighted by Gasteiger charge is 2.24. The van der Waals surface area contributed by atoms with E-state index in [0.29, 0.717) is 0 Å². The number of Topliss-reactive ketones (excluding diaryl/α,β-unsaturated/α-hetero) is 1. The van der Waals surface area contributed by atoms with Gasteiger partial charge in [-0.05, 0) is 0 Å². The van der Waals surface area contributed by atoms with E-state index in [-0.39, 0.29) is 11.8 Å². The van der Waals surface area contributed by atoms with Crippen molar-refractivity contribution in [3.05, 3.63) is 0 Å². The first-order valence-electron chi connectivity index (χ1n) is 6.37. The van der Waals surface area contributed by atoms with E-state index in [4.69, 9.17) is 14.0 Å². The second kappa shape index (κ2) is 9.46. The molecule has 9 heteroatoms. The van der Waals surface area contributed by atoms with Gasteiger partial charge in [0, 0.05) is 5.92 Å². The first-order valence-corrected chi connectivity index (χ1v) is 7.65. The van der Waals surface area contributed by atoms with Crippen molar-refractivity contribution in [1.29, 1.82) is 0 Å². The van der Waals surface area contributed by atoms with E-state index < -0.39 is 47.5 Å². The molecule has 1 unspecified atom stereocenters. The van der Waals surface area contributed by atoms with Gasteiger partial charge in [-0.1, -0.05) is 27.7 Å². The summed E-state index contributed by atoms with van der Waals surface area (Å²) in [7, 11) is 0. The molecule has 0 heterocycles. The van der Waals surface area contributed by atoms with Gasteiger partial charge < -0.3 is 19.3 Å². The average Bonchev–Trinajstić information content (AvgIpc) is 2.34. The van der Waals surface area contributed by atoms with Crippen molar-refractivity contribution in [2.24, 2.45) is 11.8 Å². The number of carbonyl (C=O) groups is 3. The summed E-state index contributed by atoms with van der Waals surface area (Å²) in [6, 6.07) is 0. The summed E-state index contributed by atoms with van der Waals surface area (Å²) in [4.78, 5) is 34.1. The summed E-state index contributed by atoms with van der Waals surface area (Å²) in [5.41, 5.74) is 0. The number of amides is 1. The molecule has 0 aliphatic carbocycles. The molecule has 0 radical (unpaired) electrons. The Hall–Kier alpha value is -1.48. The summed E-state index contributed by atoms with van der Waals surface area (Å²) in [5, 5.41) is 2.13. The van der Waals surface area contributed by atoms with Crippen LogP contribution >= 0.6 is 0 Å². The fourth-order valence-electron chi connectivity index (χ4n) is 1.05. The normalized spacial score (nSPS) is 13.7. The molecular weight excluding hydrogens is 302 g/mol. The average molecular weight is 323 g/mol. The first-order chi connectivity index (χ1) is 9.63. The van der Waals surface area contributed by atoms with Crippen LogP contribution in [0.2, 0.25) is 0 Å². The molecule has 21 heavy (non-hydrogen) atoms. The summed E-state index contributed by atoms with van der Waals surface area (Å²) < 4.78 is 28.8. The lowest BCUT2D eigenvalue weighted by Gasteiger charge is -2.22. The van der Waals surface area contributed by atoms with E-state index in [9.17, 15) is 18.6 Å². The SMILES string of the molecule is CC(C)C(=O)O[C@@H](OC(=O)NCC(=O)CS(=O)O)C(C)C. The van der Waals surface area contributed by atoms with E-state index in [1.807, 2.05) is 0 Å². The molecule has 0 saturated carbocycles. The molecule has 2 N–H and O–H groups in total. The number of alkyl carbamates (subject to hydrolysis) is 1. The molecule has 0 rings (SSSR count). The number of hydrogen-bond acceptors (Lipinski definition) is 6. The van der Waals surface area contributed by atoms with Crippen LogP contribution in [-0.4, -0.2) is 45.2 Å². The van der Waals surface area contributed by atoms with Crippen LogP contribution in [0.15, 0.2) is 0 Å². The zero-order valence-electron chi connectivity index (χ0n) is 12.5. The smallest absolute Gasteiger partial charge is 0.410 e. The molecule has 0 bridgehead atoms. The fourth-order valence-corrected chi connectivity index (χ4v) is 1.43. The maximum absolute atomic E-state index is 11.5. The van der Waals surface area contributed by atoms with Crippen LogP contribution in [0.5, 0.6) is 0 Å². The quantitative estimate of drug-likeness (QED) is 0.383. The van der Waals surface area contributed by atoms with Crippen molar-refractivity contribution in [3.8, 4) is 0 Å². The lowest BCUT2D eigenvalue weighted by Crippen LogP contribution is -2.38. The number of nitrogens with one attached hydrogen (secondary N) is 1. The molecule has 0 fully saturated rings. The number of carbonyl (C=O) groups excluding carboxylic acids is 3. The van der Waals surface area contributed by atoms with Gasteiger partial charge >= 0.3 is 12.1 Å².